The summed E-state index contributed by atoms with van der Waals surface area (Å²) in [6, 6.07) is 10.5. The summed E-state index contributed by atoms with van der Waals surface area (Å²) in [5.74, 6) is -1.03. The van der Waals surface area contributed by atoms with Crippen molar-refractivity contribution in [3.63, 3.8) is 0 Å². The minimum Gasteiger partial charge on any atom is -0.339 e. The van der Waals surface area contributed by atoms with Crippen molar-refractivity contribution in [2.24, 2.45) is 5.92 Å². The largest absolute Gasteiger partial charge is 0.339 e. The zero-order valence-electron chi connectivity index (χ0n) is 17.5. The highest BCUT2D eigenvalue weighted by atomic mass is 32.2. The van der Waals surface area contributed by atoms with Crippen molar-refractivity contribution < 1.29 is 22.4 Å². The number of sulfonamides is 1. The van der Waals surface area contributed by atoms with Crippen LogP contribution in [0.15, 0.2) is 47.4 Å². The molecule has 0 spiro atoms. The molecular formula is C22H26FN3O4S. The fourth-order valence-corrected chi connectivity index (χ4v) is 5.02. The van der Waals surface area contributed by atoms with E-state index in [0.29, 0.717) is 37.2 Å². The number of carbonyl (C=O) groups is 2. The molecule has 1 fully saturated rings. The molecule has 3 rings (SSSR count). The molecule has 2 amide bonds. The number of nitrogens with one attached hydrogen (secondary N) is 2. The number of rotatable bonds is 6. The fourth-order valence-electron chi connectivity index (χ4n) is 3.68. The normalized spacial score (nSPS) is 15.0. The number of hydrogen-bond donors (Lipinski definition) is 2. The fraction of sp³-hybridized carbons (Fsp3) is 0.364. The van der Waals surface area contributed by atoms with Gasteiger partial charge in [0.2, 0.25) is 15.9 Å². The van der Waals surface area contributed by atoms with Crippen LogP contribution >= 0.6 is 0 Å². The third kappa shape index (κ3) is 5.68. The second-order valence-corrected chi connectivity index (χ2v) is 9.46. The van der Waals surface area contributed by atoms with E-state index in [1.165, 1.54) is 25.1 Å². The lowest BCUT2D eigenvalue weighted by atomic mass is 9.96. The SMILES string of the molecule is CC(=O)Nc1ccc(S(=O)(=O)NCC2CCN(C(=O)c3ccccc3F)CC2)c(C)c1. The molecule has 0 aliphatic carbocycles. The van der Waals surface area contributed by atoms with E-state index in [1.807, 2.05) is 0 Å². The van der Waals surface area contributed by atoms with Crippen LogP contribution < -0.4 is 10.0 Å². The van der Waals surface area contributed by atoms with E-state index in [4.69, 9.17) is 0 Å². The smallest absolute Gasteiger partial charge is 0.256 e. The van der Waals surface area contributed by atoms with Crippen LogP contribution in [0.5, 0.6) is 0 Å². The molecule has 0 atom stereocenters. The van der Waals surface area contributed by atoms with Gasteiger partial charge in [-0.25, -0.2) is 17.5 Å². The molecule has 1 aliphatic rings. The first kappa shape index (κ1) is 22.9. The Balaban J connectivity index is 1.56. The Morgan fingerprint density at radius 3 is 2.42 bits per heavy atom. The van der Waals surface area contributed by atoms with Crippen LogP contribution in [0, 0.1) is 18.7 Å². The maximum absolute atomic E-state index is 13.9. The van der Waals surface area contributed by atoms with E-state index in [2.05, 4.69) is 10.0 Å². The zero-order chi connectivity index (χ0) is 22.6. The molecule has 0 aromatic heterocycles. The predicted molar refractivity (Wildman–Crippen MR) is 116 cm³/mol. The molecule has 0 unspecified atom stereocenters. The Bertz CT molecular complexity index is 1080. The molecule has 166 valence electrons. The van der Waals surface area contributed by atoms with Crippen LogP contribution in [0.2, 0.25) is 0 Å². The molecule has 0 saturated carbocycles. The summed E-state index contributed by atoms with van der Waals surface area (Å²) in [7, 11) is -3.71. The van der Waals surface area contributed by atoms with Gasteiger partial charge in [0.15, 0.2) is 0 Å². The molecule has 1 aliphatic heterocycles. The first-order valence-corrected chi connectivity index (χ1v) is 11.6. The summed E-state index contributed by atoms with van der Waals surface area (Å²) in [6.07, 6.45) is 1.26. The molecule has 1 saturated heterocycles. The second kappa shape index (κ2) is 9.57. The molecule has 7 nitrogen and oxygen atoms in total. The van der Waals surface area contributed by atoms with Gasteiger partial charge >= 0.3 is 0 Å². The summed E-state index contributed by atoms with van der Waals surface area (Å²) < 4.78 is 42.0. The van der Waals surface area contributed by atoms with Gasteiger partial charge in [-0.05, 0) is 61.6 Å². The number of hydrogen-bond acceptors (Lipinski definition) is 4. The van der Waals surface area contributed by atoms with Crippen LogP contribution in [-0.4, -0.2) is 44.8 Å². The molecule has 0 radical (unpaired) electrons. The van der Waals surface area contributed by atoms with Crippen molar-refractivity contribution in [2.45, 2.75) is 31.6 Å². The summed E-state index contributed by atoms with van der Waals surface area (Å²) in [4.78, 5) is 25.4. The maximum atomic E-state index is 13.9. The summed E-state index contributed by atoms with van der Waals surface area (Å²) in [5, 5.41) is 2.63. The van der Waals surface area contributed by atoms with E-state index in [-0.39, 0.29) is 34.7 Å². The van der Waals surface area contributed by atoms with Crippen LogP contribution in [0.3, 0.4) is 0 Å². The number of halogens is 1. The standard InChI is InChI=1S/C22H26FN3O4S/c1-15-13-18(25-16(2)27)7-8-21(15)31(29,30)24-14-17-9-11-26(12-10-17)22(28)19-5-3-4-6-20(19)23/h3-8,13,17,24H,9-12,14H2,1-2H3,(H,25,27). The molecule has 0 bridgehead atoms. The van der Waals surface area contributed by atoms with E-state index < -0.39 is 15.8 Å². The minimum atomic E-state index is -3.71. The quantitative estimate of drug-likeness (QED) is 0.712. The Morgan fingerprint density at radius 2 is 1.81 bits per heavy atom. The highest BCUT2D eigenvalue weighted by molar-refractivity contribution is 7.89. The van der Waals surface area contributed by atoms with Gasteiger partial charge in [0.1, 0.15) is 5.82 Å². The molecule has 31 heavy (non-hydrogen) atoms. The molecule has 2 N–H and O–H groups in total. The van der Waals surface area contributed by atoms with E-state index in [1.54, 1.807) is 36.1 Å². The summed E-state index contributed by atoms with van der Waals surface area (Å²) in [6.45, 7) is 4.22. The van der Waals surface area contributed by atoms with Gasteiger partial charge in [0.25, 0.3) is 5.91 Å². The molecule has 2 aromatic rings. The molecule has 2 aromatic carbocycles. The zero-order valence-corrected chi connectivity index (χ0v) is 18.3. The van der Waals surface area contributed by atoms with Crippen molar-refractivity contribution in [3.05, 3.63) is 59.4 Å². The lowest BCUT2D eigenvalue weighted by molar-refractivity contribution is -0.114. The van der Waals surface area contributed by atoms with Gasteiger partial charge in [-0.2, -0.15) is 0 Å². The Morgan fingerprint density at radius 1 is 1.13 bits per heavy atom. The highest BCUT2D eigenvalue weighted by Crippen LogP contribution is 2.22. The maximum Gasteiger partial charge on any atom is 0.256 e. The van der Waals surface area contributed by atoms with Gasteiger partial charge in [0, 0.05) is 32.2 Å². The topological polar surface area (TPSA) is 95.6 Å². The Labute approximate surface area is 181 Å². The predicted octanol–water partition coefficient (Wildman–Crippen LogP) is 2.92. The molecule has 9 heteroatoms. The molecule has 1 heterocycles. The van der Waals surface area contributed by atoms with Crippen LogP contribution in [0.4, 0.5) is 10.1 Å². The third-order valence-corrected chi connectivity index (χ3v) is 6.94. The van der Waals surface area contributed by atoms with Crippen LogP contribution in [0.1, 0.15) is 35.7 Å². The van der Waals surface area contributed by atoms with Crippen LogP contribution in [0.25, 0.3) is 0 Å². The first-order valence-electron chi connectivity index (χ1n) is 10.1. The first-order chi connectivity index (χ1) is 14.7. The number of likely N-dealkylation sites (tertiary alicyclic amines) is 1. The van der Waals surface area contributed by atoms with Crippen molar-refractivity contribution in [1.29, 1.82) is 0 Å². The van der Waals surface area contributed by atoms with Gasteiger partial charge in [-0.15, -0.1) is 0 Å². The van der Waals surface area contributed by atoms with Crippen molar-refractivity contribution in [1.82, 2.24) is 9.62 Å². The third-order valence-electron chi connectivity index (χ3n) is 5.35. The number of carbonyl (C=O) groups excluding carboxylic acids is 2. The number of aryl methyl sites for hydroxylation is 1. The van der Waals surface area contributed by atoms with Gasteiger partial charge in [0.05, 0.1) is 10.5 Å². The monoisotopic (exact) mass is 447 g/mol. The van der Waals surface area contributed by atoms with Gasteiger partial charge < -0.3 is 10.2 Å². The average Bonchev–Trinajstić information content (AvgIpc) is 2.72. The number of piperidine rings is 1. The van der Waals surface area contributed by atoms with Gasteiger partial charge in [-0.1, -0.05) is 12.1 Å². The lowest BCUT2D eigenvalue weighted by Crippen LogP contribution is -2.41. The van der Waals surface area contributed by atoms with Gasteiger partial charge in [-0.3, -0.25) is 9.59 Å². The van der Waals surface area contributed by atoms with E-state index >= 15 is 0 Å². The summed E-state index contributed by atoms with van der Waals surface area (Å²) in [5.41, 5.74) is 1.12. The average molecular weight is 448 g/mol. The number of benzene rings is 2. The lowest BCUT2D eigenvalue weighted by Gasteiger charge is -2.32. The van der Waals surface area contributed by atoms with Crippen LogP contribution in [-0.2, 0) is 14.8 Å². The Kier molecular flexibility index (Phi) is 7.07. The van der Waals surface area contributed by atoms with Crippen molar-refractivity contribution >= 4 is 27.5 Å². The Hall–Kier alpha value is -2.78. The second-order valence-electron chi connectivity index (χ2n) is 7.73. The number of anilines is 1. The van der Waals surface area contributed by atoms with Crippen molar-refractivity contribution in [3.8, 4) is 0 Å². The number of amides is 2. The minimum absolute atomic E-state index is 0.0554. The van der Waals surface area contributed by atoms with E-state index in [9.17, 15) is 22.4 Å². The van der Waals surface area contributed by atoms with E-state index in [0.717, 1.165) is 0 Å². The number of nitrogens with zero attached hydrogens (tertiary/aromatic N) is 1. The van der Waals surface area contributed by atoms with Crippen molar-refractivity contribution in [2.75, 3.05) is 25.0 Å². The highest BCUT2D eigenvalue weighted by Gasteiger charge is 2.26. The summed E-state index contributed by atoms with van der Waals surface area (Å²) >= 11 is 0. The molecular weight excluding hydrogens is 421 g/mol.